The number of fused-ring (bicyclic) bond motifs is 1. The SMILES string of the molecule is C[S+](CCC(N)C(=O)[O-])C[C@H]1O[C@@H](n2cnc3c(N)ncnc32)[C@H](O)[C@@H]1O.O=C(O)C(=O)Cc1ccc(O)cc1. The fourth-order valence-corrected chi connectivity index (χ4v) is 5.50. The third-order valence-corrected chi connectivity index (χ3v) is 7.90. The minimum absolute atomic E-state index is 0.0894. The van der Waals surface area contributed by atoms with Crippen LogP contribution in [0.1, 0.15) is 18.2 Å². The molecule has 0 saturated carbocycles. The summed E-state index contributed by atoms with van der Waals surface area (Å²) >= 11 is 0. The van der Waals surface area contributed by atoms with E-state index in [0.29, 0.717) is 28.2 Å². The number of aliphatic carboxylic acids is 2. The smallest absolute Gasteiger partial charge is 0.372 e. The van der Waals surface area contributed by atoms with Crippen LogP contribution in [-0.4, -0.2) is 99.8 Å². The van der Waals surface area contributed by atoms with Crippen LogP contribution in [0, 0.1) is 0 Å². The molecule has 1 fully saturated rings. The number of hydrogen-bond acceptors (Lipinski definition) is 13. The van der Waals surface area contributed by atoms with E-state index < -0.39 is 48.3 Å². The molecule has 1 aliphatic rings. The lowest BCUT2D eigenvalue weighted by molar-refractivity contribution is -0.307. The van der Waals surface area contributed by atoms with Gasteiger partial charge in [0.05, 0.1) is 18.6 Å². The molecule has 2 unspecified atom stereocenters. The van der Waals surface area contributed by atoms with Crippen LogP contribution in [0.2, 0.25) is 0 Å². The van der Waals surface area contributed by atoms with Crippen LogP contribution in [0.4, 0.5) is 5.82 Å². The Morgan fingerprint density at radius 3 is 2.45 bits per heavy atom. The highest BCUT2D eigenvalue weighted by Crippen LogP contribution is 2.32. The monoisotopic (exact) mass is 578 g/mol. The molecule has 4 rings (SSSR count). The first-order chi connectivity index (χ1) is 18.9. The molecule has 3 aromatic rings. The number of nitrogens with two attached hydrogens (primary N) is 2. The zero-order chi connectivity index (χ0) is 29.6. The van der Waals surface area contributed by atoms with Gasteiger partial charge in [-0.2, -0.15) is 0 Å². The van der Waals surface area contributed by atoms with E-state index in [4.69, 9.17) is 26.4 Å². The van der Waals surface area contributed by atoms with E-state index in [1.807, 2.05) is 6.26 Å². The summed E-state index contributed by atoms with van der Waals surface area (Å²) in [5.74, 6) is -2.26. The minimum Gasteiger partial charge on any atom is -0.548 e. The second-order valence-corrected chi connectivity index (χ2v) is 11.4. The van der Waals surface area contributed by atoms with Crippen LogP contribution in [0.25, 0.3) is 11.2 Å². The number of aliphatic hydroxyl groups excluding tert-OH is 2. The number of ether oxygens (including phenoxy) is 1. The summed E-state index contributed by atoms with van der Waals surface area (Å²) in [6, 6.07) is 4.82. The van der Waals surface area contributed by atoms with Gasteiger partial charge in [0.1, 0.15) is 47.4 Å². The molecular formula is C24H30N6O9S. The number of hydrogen-bond donors (Lipinski definition) is 6. The Bertz CT molecular complexity index is 1340. The molecule has 6 atom stereocenters. The van der Waals surface area contributed by atoms with Crippen molar-refractivity contribution in [3.05, 3.63) is 42.5 Å². The Morgan fingerprint density at radius 2 is 1.82 bits per heavy atom. The average Bonchev–Trinajstić information content (AvgIpc) is 3.46. The molecule has 1 aliphatic heterocycles. The summed E-state index contributed by atoms with van der Waals surface area (Å²) in [4.78, 5) is 43.7. The lowest BCUT2D eigenvalue weighted by Gasteiger charge is -2.16. The summed E-state index contributed by atoms with van der Waals surface area (Å²) in [6.45, 7) is 0. The molecule has 1 saturated heterocycles. The van der Waals surface area contributed by atoms with E-state index in [1.165, 1.54) is 41.5 Å². The maximum Gasteiger partial charge on any atom is 0.372 e. The molecule has 216 valence electrons. The largest absolute Gasteiger partial charge is 0.548 e. The van der Waals surface area contributed by atoms with Gasteiger partial charge in [-0.25, -0.2) is 19.7 Å². The number of imidazole rings is 1. The molecule has 0 aliphatic carbocycles. The topological polar surface area (TPSA) is 260 Å². The van der Waals surface area contributed by atoms with Crippen molar-refractivity contribution in [3.8, 4) is 5.75 Å². The van der Waals surface area contributed by atoms with E-state index in [9.17, 15) is 29.7 Å². The number of carboxylic acids is 2. The van der Waals surface area contributed by atoms with Crippen molar-refractivity contribution in [2.75, 3.05) is 23.5 Å². The number of nitrogens with zero attached hydrogens (tertiary/aromatic N) is 4. The van der Waals surface area contributed by atoms with Crippen molar-refractivity contribution >= 4 is 45.6 Å². The Labute approximate surface area is 230 Å². The van der Waals surface area contributed by atoms with Gasteiger partial charge < -0.3 is 46.5 Å². The lowest BCUT2D eigenvalue weighted by atomic mass is 10.1. The number of Topliss-reactive ketones (excluding diaryl/α,β-unsaturated/α-hetero) is 1. The first kappa shape index (κ1) is 30.7. The number of aliphatic hydroxyl groups is 2. The summed E-state index contributed by atoms with van der Waals surface area (Å²) in [5, 5.41) is 48.7. The third-order valence-electron chi connectivity index (χ3n) is 6.07. The van der Waals surface area contributed by atoms with Crippen LogP contribution in [0.3, 0.4) is 0 Å². The standard InChI is InChI=1S/C15H22N6O5S.C9H8O4/c1-27(3-2-7(16)15(24)25)4-8-10(22)11(23)14(26-8)21-6-20-9-12(17)18-5-19-13(9)21;10-7-3-1-6(2-4-7)5-8(11)9(12)13/h5-8,10-11,14,22-23H,2-4,16H2,1H3,(H2-,17,18,19,24,25);1-4,10H,5H2,(H,12,13)/t7?,8-,10-,11-,14-,27?;/m1./s1. The van der Waals surface area contributed by atoms with Crippen LogP contribution in [0.15, 0.2) is 36.9 Å². The first-order valence-corrected chi connectivity index (χ1v) is 13.9. The van der Waals surface area contributed by atoms with Crippen molar-refractivity contribution in [3.63, 3.8) is 0 Å². The third kappa shape index (κ3) is 7.64. The van der Waals surface area contributed by atoms with Crippen molar-refractivity contribution in [2.45, 2.75) is 43.4 Å². The predicted octanol–water partition coefficient (Wildman–Crippen LogP) is -2.67. The Balaban J connectivity index is 0.000000285. The Hall–Kier alpha value is -3.83. The molecule has 0 amide bonds. The van der Waals surface area contributed by atoms with Crippen LogP contribution in [-0.2, 0) is 36.4 Å². The highest BCUT2D eigenvalue weighted by Gasteiger charge is 2.46. The van der Waals surface area contributed by atoms with Gasteiger partial charge in [-0.05, 0) is 28.6 Å². The van der Waals surface area contributed by atoms with Gasteiger partial charge in [0, 0.05) is 18.9 Å². The number of phenols is 1. The van der Waals surface area contributed by atoms with Crippen LogP contribution in [0.5, 0.6) is 5.75 Å². The molecular weight excluding hydrogens is 548 g/mol. The van der Waals surface area contributed by atoms with E-state index in [2.05, 4.69) is 15.0 Å². The maximum atomic E-state index is 10.7. The van der Waals surface area contributed by atoms with Crippen LogP contribution < -0.4 is 16.6 Å². The van der Waals surface area contributed by atoms with Gasteiger partial charge in [0.2, 0.25) is 5.78 Å². The molecule has 1 aromatic carbocycles. The molecule has 16 heteroatoms. The quantitative estimate of drug-likeness (QED) is 0.106. The summed E-state index contributed by atoms with van der Waals surface area (Å²) in [7, 11) is -0.263. The number of aromatic hydroxyl groups is 1. The lowest BCUT2D eigenvalue weighted by Crippen LogP contribution is -2.43. The number of nitrogen functional groups attached to an aromatic ring is 1. The molecule has 0 radical (unpaired) electrons. The van der Waals surface area contributed by atoms with Gasteiger partial charge in [-0.3, -0.25) is 9.36 Å². The van der Waals surface area contributed by atoms with E-state index >= 15 is 0 Å². The number of ketones is 1. The molecule has 8 N–H and O–H groups in total. The minimum atomic E-state index is -1.44. The van der Waals surface area contributed by atoms with Gasteiger partial charge in [0.25, 0.3) is 0 Å². The van der Waals surface area contributed by atoms with Crippen molar-refractivity contribution in [1.29, 1.82) is 0 Å². The predicted molar refractivity (Wildman–Crippen MR) is 141 cm³/mol. The molecule has 15 nitrogen and oxygen atoms in total. The first-order valence-electron chi connectivity index (χ1n) is 11.9. The number of anilines is 1. The normalized spacial score (nSPS) is 21.8. The number of carbonyl (C=O) groups is 3. The number of aromatic nitrogens is 4. The number of rotatable bonds is 10. The molecule has 3 heterocycles. The van der Waals surface area contributed by atoms with E-state index in [-0.39, 0.29) is 35.3 Å². The molecule has 0 bridgehead atoms. The second-order valence-electron chi connectivity index (χ2n) is 9.07. The van der Waals surface area contributed by atoms with E-state index in [0.717, 1.165) is 0 Å². The van der Waals surface area contributed by atoms with E-state index in [1.54, 1.807) is 0 Å². The van der Waals surface area contributed by atoms with Crippen LogP contribution >= 0.6 is 0 Å². The summed E-state index contributed by atoms with van der Waals surface area (Å²) in [5.41, 5.74) is 12.6. The van der Waals surface area contributed by atoms with Gasteiger partial charge >= 0.3 is 5.97 Å². The maximum absolute atomic E-state index is 10.7. The van der Waals surface area contributed by atoms with Gasteiger partial charge in [-0.15, -0.1) is 0 Å². The van der Waals surface area contributed by atoms with Crippen molar-refractivity contribution in [2.24, 2.45) is 5.73 Å². The molecule has 40 heavy (non-hydrogen) atoms. The number of carboxylic acid groups (broad SMARTS) is 2. The highest BCUT2D eigenvalue weighted by molar-refractivity contribution is 7.96. The van der Waals surface area contributed by atoms with Gasteiger partial charge in [0.15, 0.2) is 17.7 Å². The van der Waals surface area contributed by atoms with Gasteiger partial charge in [-0.1, -0.05) is 12.1 Å². The average molecular weight is 579 g/mol. The zero-order valence-corrected chi connectivity index (χ0v) is 22.2. The summed E-state index contributed by atoms with van der Waals surface area (Å²) in [6.07, 6.45) is 1.02. The summed E-state index contributed by atoms with van der Waals surface area (Å²) < 4.78 is 7.39. The molecule has 2 aromatic heterocycles. The number of benzene rings is 1. The fraction of sp³-hybridized carbons (Fsp3) is 0.417. The number of carbonyl (C=O) groups excluding carboxylic acids is 2. The highest BCUT2D eigenvalue weighted by atomic mass is 32.2. The Morgan fingerprint density at radius 1 is 1.15 bits per heavy atom. The van der Waals surface area contributed by atoms with Crippen molar-refractivity contribution < 1.29 is 44.7 Å². The molecule has 0 spiro atoms. The Kier molecular flexibility index (Phi) is 10.4. The van der Waals surface area contributed by atoms with Crippen molar-refractivity contribution in [1.82, 2.24) is 19.5 Å². The fourth-order valence-electron chi connectivity index (χ4n) is 3.84. The second kappa shape index (κ2) is 13.5. The number of phenolic OH excluding ortho intramolecular Hbond substituents is 1. The zero-order valence-electron chi connectivity index (χ0n) is 21.4.